The van der Waals surface area contributed by atoms with Crippen LogP contribution in [0.3, 0.4) is 0 Å². The van der Waals surface area contributed by atoms with Gasteiger partial charge < -0.3 is 5.73 Å². The lowest BCUT2D eigenvalue weighted by molar-refractivity contribution is 0.817. The molecule has 0 saturated carbocycles. The summed E-state index contributed by atoms with van der Waals surface area (Å²) >= 11 is 3.56. The molecule has 0 saturated heterocycles. The third-order valence-electron chi connectivity index (χ3n) is 2.12. The van der Waals surface area contributed by atoms with Crippen molar-refractivity contribution in [1.82, 2.24) is 0 Å². The molecule has 0 aliphatic heterocycles. The maximum Gasteiger partial charge on any atom is 0.0646 e. The SMILES string of the molecule is C[C@@H](N)c1ccc(Sc2cccs2)cc1. The Morgan fingerprint density at radius 3 is 2.47 bits per heavy atom. The topological polar surface area (TPSA) is 26.0 Å². The molecule has 2 rings (SSSR count). The molecule has 15 heavy (non-hydrogen) atoms. The number of hydrogen-bond acceptors (Lipinski definition) is 3. The Labute approximate surface area is 98.3 Å². The van der Waals surface area contributed by atoms with E-state index in [9.17, 15) is 0 Å². The summed E-state index contributed by atoms with van der Waals surface area (Å²) in [5.74, 6) is 0. The van der Waals surface area contributed by atoms with Crippen LogP contribution in [0.2, 0.25) is 0 Å². The normalized spacial score (nSPS) is 12.7. The largest absolute Gasteiger partial charge is 0.324 e. The van der Waals surface area contributed by atoms with Crippen LogP contribution in [-0.2, 0) is 0 Å². The van der Waals surface area contributed by atoms with Crippen molar-refractivity contribution in [3.63, 3.8) is 0 Å². The predicted octanol–water partition coefficient (Wildman–Crippen LogP) is 3.92. The van der Waals surface area contributed by atoms with E-state index >= 15 is 0 Å². The van der Waals surface area contributed by atoms with E-state index in [1.165, 1.54) is 14.7 Å². The third-order valence-corrected chi connectivity index (χ3v) is 4.16. The molecule has 2 N–H and O–H groups in total. The Balaban J connectivity index is 2.11. The van der Waals surface area contributed by atoms with Crippen LogP contribution >= 0.6 is 23.1 Å². The molecule has 0 aliphatic carbocycles. The molecule has 0 bridgehead atoms. The van der Waals surface area contributed by atoms with Gasteiger partial charge in [-0.05, 0) is 36.1 Å². The van der Waals surface area contributed by atoms with Crippen molar-refractivity contribution >= 4 is 23.1 Å². The molecule has 1 nitrogen and oxygen atoms in total. The molecule has 0 aliphatic rings. The summed E-state index contributed by atoms with van der Waals surface area (Å²) in [6, 6.07) is 12.8. The number of hydrogen-bond donors (Lipinski definition) is 1. The van der Waals surface area contributed by atoms with Crippen LogP contribution in [0.1, 0.15) is 18.5 Å². The standard InChI is InChI=1S/C12H13NS2/c1-9(13)10-4-6-11(7-5-10)15-12-3-2-8-14-12/h2-9H,13H2,1H3/t9-/m1/s1. The van der Waals surface area contributed by atoms with Gasteiger partial charge in [0.05, 0.1) is 4.21 Å². The molecule has 0 amide bonds. The average Bonchev–Trinajstić information content (AvgIpc) is 2.71. The second-order valence-electron chi connectivity index (χ2n) is 3.39. The Morgan fingerprint density at radius 2 is 1.93 bits per heavy atom. The van der Waals surface area contributed by atoms with E-state index in [0.29, 0.717) is 0 Å². The Morgan fingerprint density at radius 1 is 1.20 bits per heavy atom. The fraction of sp³-hybridized carbons (Fsp3) is 0.167. The molecular weight excluding hydrogens is 222 g/mol. The van der Waals surface area contributed by atoms with Gasteiger partial charge in [-0.1, -0.05) is 30.0 Å². The minimum Gasteiger partial charge on any atom is -0.324 e. The smallest absolute Gasteiger partial charge is 0.0646 e. The molecule has 0 unspecified atom stereocenters. The molecule has 0 radical (unpaired) electrons. The summed E-state index contributed by atoms with van der Waals surface area (Å²) in [5, 5.41) is 2.10. The van der Waals surface area contributed by atoms with Gasteiger partial charge in [0, 0.05) is 10.9 Å². The highest BCUT2D eigenvalue weighted by molar-refractivity contribution is 8.01. The summed E-state index contributed by atoms with van der Waals surface area (Å²) < 4.78 is 1.32. The lowest BCUT2D eigenvalue weighted by Gasteiger charge is -2.05. The van der Waals surface area contributed by atoms with Crippen molar-refractivity contribution < 1.29 is 0 Å². The van der Waals surface area contributed by atoms with Crippen molar-refractivity contribution in [3.05, 3.63) is 47.3 Å². The maximum atomic E-state index is 5.80. The molecule has 78 valence electrons. The molecule has 2 aromatic rings. The highest BCUT2D eigenvalue weighted by Gasteiger charge is 2.00. The monoisotopic (exact) mass is 235 g/mol. The number of benzene rings is 1. The van der Waals surface area contributed by atoms with Crippen LogP contribution in [0.15, 0.2) is 50.9 Å². The van der Waals surface area contributed by atoms with E-state index in [4.69, 9.17) is 5.73 Å². The average molecular weight is 235 g/mol. The molecular formula is C12H13NS2. The zero-order valence-electron chi connectivity index (χ0n) is 8.51. The summed E-state index contributed by atoms with van der Waals surface area (Å²) in [4.78, 5) is 1.27. The van der Waals surface area contributed by atoms with Crippen LogP contribution in [0.4, 0.5) is 0 Å². The van der Waals surface area contributed by atoms with E-state index in [0.717, 1.165) is 0 Å². The maximum absolute atomic E-state index is 5.80. The van der Waals surface area contributed by atoms with E-state index in [1.54, 1.807) is 23.1 Å². The minimum absolute atomic E-state index is 0.116. The summed E-state index contributed by atoms with van der Waals surface area (Å²) in [6.07, 6.45) is 0. The second-order valence-corrected chi connectivity index (χ2v) is 5.71. The van der Waals surface area contributed by atoms with Crippen LogP contribution in [0.5, 0.6) is 0 Å². The van der Waals surface area contributed by atoms with Crippen LogP contribution < -0.4 is 5.73 Å². The highest BCUT2D eigenvalue weighted by atomic mass is 32.2. The molecule has 1 atom stereocenters. The molecule has 1 heterocycles. The first-order chi connectivity index (χ1) is 7.25. The van der Waals surface area contributed by atoms with Gasteiger partial charge in [0.25, 0.3) is 0 Å². The zero-order valence-corrected chi connectivity index (χ0v) is 10.1. The summed E-state index contributed by atoms with van der Waals surface area (Å²) in [6.45, 7) is 2.00. The van der Waals surface area contributed by atoms with Crippen molar-refractivity contribution in [2.45, 2.75) is 22.1 Å². The summed E-state index contributed by atoms with van der Waals surface area (Å²) in [5.41, 5.74) is 6.98. The van der Waals surface area contributed by atoms with Crippen molar-refractivity contribution in [1.29, 1.82) is 0 Å². The first kappa shape index (κ1) is 10.7. The Kier molecular flexibility index (Phi) is 3.46. The number of rotatable bonds is 3. The fourth-order valence-electron chi connectivity index (χ4n) is 1.28. The van der Waals surface area contributed by atoms with Gasteiger partial charge in [-0.2, -0.15) is 0 Å². The zero-order chi connectivity index (χ0) is 10.7. The van der Waals surface area contributed by atoms with Gasteiger partial charge in [0.2, 0.25) is 0 Å². The summed E-state index contributed by atoms with van der Waals surface area (Å²) in [7, 11) is 0. The van der Waals surface area contributed by atoms with E-state index in [1.807, 2.05) is 6.92 Å². The lowest BCUT2D eigenvalue weighted by atomic mass is 10.1. The van der Waals surface area contributed by atoms with E-state index in [2.05, 4.69) is 41.8 Å². The first-order valence-electron chi connectivity index (χ1n) is 4.82. The van der Waals surface area contributed by atoms with Crippen LogP contribution in [0, 0.1) is 0 Å². The van der Waals surface area contributed by atoms with Crippen molar-refractivity contribution in [2.24, 2.45) is 5.73 Å². The minimum atomic E-state index is 0.116. The van der Waals surface area contributed by atoms with Crippen molar-refractivity contribution in [2.75, 3.05) is 0 Å². The number of thiophene rings is 1. The van der Waals surface area contributed by atoms with Gasteiger partial charge in [-0.25, -0.2) is 0 Å². The quantitative estimate of drug-likeness (QED) is 0.872. The lowest BCUT2D eigenvalue weighted by Crippen LogP contribution is -2.04. The van der Waals surface area contributed by atoms with Gasteiger partial charge in [-0.3, -0.25) is 0 Å². The fourth-order valence-corrected chi connectivity index (χ4v) is 3.02. The van der Waals surface area contributed by atoms with E-state index < -0.39 is 0 Å². The Hall–Kier alpha value is -0.770. The third kappa shape index (κ3) is 2.84. The van der Waals surface area contributed by atoms with Gasteiger partial charge in [0.1, 0.15) is 0 Å². The molecule has 1 aromatic heterocycles. The Bertz CT molecular complexity index is 404. The molecule has 1 aromatic carbocycles. The second kappa shape index (κ2) is 4.84. The molecule has 3 heteroatoms. The van der Waals surface area contributed by atoms with Gasteiger partial charge in [-0.15, -0.1) is 11.3 Å². The van der Waals surface area contributed by atoms with Gasteiger partial charge in [0.15, 0.2) is 0 Å². The molecule has 0 spiro atoms. The first-order valence-corrected chi connectivity index (χ1v) is 6.52. The van der Waals surface area contributed by atoms with Crippen LogP contribution in [-0.4, -0.2) is 0 Å². The van der Waals surface area contributed by atoms with Crippen molar-refractivity contribution in [3.8, 4) is 0 Å². The molecule has 0 fully saturated rings. The van der Waals surface area contributed by atoms with Gasteiger partial charge >= 0.3 is 0 Å². The van der Waals surface area contributed by atoms with Crippen LogP contribution in [0.25, 0.3) is 0 Å². The number of nitrogens with two attached hydrogens (primary N) is 1. The predicted molar refractivity (Wildman–Crippen MR) is 67.5 cm³/mol. The van der Waals surface area contributed by atoms with E-state index in [-0.39, 0.29) is 6.04 Å². The highest BCUT2D eigenvalue weighted by Crippen LogP contribution is 2.31.